The van der Waals surface area contributed by atoms with E-state index >= 15 is 0 Å². The number of aryl methyl sites for hydroxylation is 2. The number of hydrogen-bond donors (Lipinski definition) is 1. The van der Waals surface area contributed by atoms with E-state index in [2.05, 4.69) is 29.5 Å². The lowest BCUT2D eigenvalue weighted by molar-refractivity contribution is 0.731. The van der Waals surface area contributed by atoms with Crippen LogP contribution >= 0.6 is 0 Å². The number of nitrogens with zero attached hydrogens (tertiary/aromatic N) is 2. The average Bonchev–Trinajstić information content (AvgIpc) is 2.32. The second-order valence-corrected chi connectivity index (χ2v) is 3.17. The van der Waals surface area contributed by atoms with Crippen LogP contribution < -0.4 is 5.32 Å². The summed E-state index contributed by atoms with van der Waals surface area (Å²) in [5, 5.41) is 7.40. The molecule has 0 aliphatic carbocycles. The minimum Gasteiger partial charge on any atom is -0.316 e. The second-order valence-electron chi connectivity index (χ2n) is 3.17. The summed E-state index contributed by atoms with van der Waals surface area (Å²) in [5.41, 5.74) is 3.54. The van der Waals surface area contributed by atoms with Crippen molar-refractivity contribution in [3.63, 3.8) is 0 Å². The zero-order valence-corrected chi connectivity index (χ0v) is 8.76. The molecular weight excluding hydrogens is 162 g/mol. The van der Waals surface area contributed by atoms with Gasteiger partial charge in [-0.2, -0.15) is 5.10 Å². The van der Waals surface area contributed by atoms with E-state index in [1.807, 2.05) is 25.7 Å². The molecule has 0 amide bonds. The molecule has 0 aliphatic rings. The average molecular weight is 179 g/mol. The maximum absolute atomic E-state index is 4.33. The molecule has 1 aromatic rings. The summed E-state index contributed by atoms with van der Waals surface area (Å²) >= 11 is 0. The molecule has 0 saturated carbocycles. The van der Waals surface area contributed by atoms with Gasteiger partial charge in [0, 0.05) is 24.8 Å². The Hall–Kier alpha value is -1.09. The second kappa shape index (κ2) is 4.23. The van der Waals surface area contributed by atoms with Crippen molar-refractivity contribution in [2.24, 2.45) is 7.05 Å². The van der Waals surface area contributed by atoms with Gasteiger partial charge in [-0.3, -0.25) is 4.68 Å². The molecule has 3 heteroatoms. The minimum absolute atomic E-state index is 0.897. The van der Waals surface area contributed by atoms with Gasteiger partial charge in [0.05, 0.1) is 5.69 Å². The monoisotopic (exact) mass is 179 g/mol. The zero-order valence-electron chi connectivity index (χ0n) is 8.76. The first-order chi connectivity index (χ1) is 6.16. The molecule has 0 aliphatic heterocycles. The quantitative estimate of drug-likeness (QED) is 0.757. The van der Waals surface area contributed by atoms with Crippen molar-refractivity contribution in [1.82, 2.24) is 15.1 Å². The van der Waals surface area contributed by atoms with Crippen LogP contribution in [0.5, 0.6) is 0 Å². The Bertz CT molecular complexity index is 310. The van der Waals surface area contributed by atoms with Gasteiger partial charge >= 0.3 is 0 Å². The number of rotatable bonds is 3. The zero-order chi connectivity index (χ0) is 9.84. The Labute approximate surface area is 79.5 Å². The van der Waals surface area contributed by atoms with Gasteiger partial charge < -0.3 is 5.32 Å². The van der Waals surface area contributed by atoms with E-state index in [0.717, 1.165) is 12.2 Å². The lowest BCUT2D eigenvalue weighted by atomic mass is 10.2. The molecule has 3 nitrogen and oxygen atoms in total. The van der Waals surface area contributed by atoms with Gasteiger partial charge in [0.2, 0.25) is 0 Å². The molecule has 0 radical (unpaired) electrons. The van der Waals surface area contributed by atoms with Crippen molar-refractivity contribution in [3.05, 3.63) is 23.0 Å². The van der Waals surface area contributed by atoms with E-state index in [-0.39, 0.29) is 0 Å². The number of aromatic nitrogens is 2. The summed E-state index contributed by atoms with van der Waals surface area (Å²) in [6.07, 6.45) is 4.23. The van der Waals surface area contributed by atoms with Crippen LogP contribution in [-0.4, -0.2) is 23.4 Å². The highest BCUT2D eigenvalue weighted by Gasteiger charge is 2.04. The summed E-state index contributed by atoms with van der Waals surface area (Å²) in [6, 6.07) is 0. The minimum atomic E-state index is 0.897. The Morgan fingerprint density at radius 3 is 2.62 bits per heavy atom. The predicted molar refractivity (Wildman–Crippen MR) is 55.6 cm³/mol. The van der Waals surface area contributed by atoms with Crippen molar-refractivity contribution in [1.29, 1.82) is 0 Å². The van der Waals surface area contributed by atoms with Crippen molar-refractivity contribution in [2.75, 3.05) is 13.6 Å². The van der Waals surface area contributed by atoms with Gasteiger partial charge in [-0.25, -0.2) is 0 Å². The Morgan fingerprint density at radius 1 is 1.46 bits per heavy atom. The van der Waals surface area contributed by atoms with Crippen molar-refractivity contribution in [2.45, 2.75) is 13.8 Å². The van der Waals surface area contributed by atoms with Crippen LogP contribution in [0.25, 0.3) is 6.08 Å². The third-order valence-corrected chi connectivity index (χ3v) is 2.17. The molecule has 72 valence electrons. The summed E-state index contributed by atoms with van der Waals surface area (Å²) in [5.74, 6) is 0. The normalized spacial score (nSPS) is 11.4. The van der Waals surface area contributed by atoms with Gasteiger partial charge in [-0.15, -0.1) is 0 Å². The largest absolute Gasteiger partial charge is 0.316 e. The highest BCUT2D eigenvalue weighted by atomic mass is 15.3. The van der Waals surface area contributed by atoms with Crippen LogP contribution in [0.2, 0.25) is 0 Å². The lowest BCUT2D eigenvalue weighted by Crippen LogP contribution is -2.03. The molecule has 1 rings (SSSR count). The van der Waals surface area contributed by atoms with Crippen molar-refractivity contribution >= 4 is 6.08 Å². The summed E-state index contributed by atoms with van der Waals surface area (Å²) < 4.78 is 1.91. The van der Waals surface area contributed by atoms with Gasteiger partial charge in [0.25, 0.3) is 0 Å². The van der Waals surface area contributed by atoms with Gasteiger partial charge in [0.15, 0.2) is 0 Å². The lowest BCUT2D eigenvalue weighted by Gasteiger charge is -1.94. The van der Waals surface area contributed by atoms with E-state index < -0.39 is 0 Å². The van der Waals surface area contributed by atoms with E-state index in [1.165, 1.54) is 11.3 Å². The summed E-state index contributed by atoms with van der Waals surface area (Å²) in [6.45, 7) is 5.01. The Morgan fingerprint density at radius 2 is 2.15 bits per heavy atom. The van der Waals surface area contributed by atoms with Gasteiger partial charge in [-0.1, -0.05) is 12.2 Å². The number of likely N-dealkylation sites (N-methyl/N-ethyl adjacent to an activating group) is 1. The summed E-state index contributed by atoms with van der Waals surface area (Å²) in [4.78, 5) is 0. The predicted octanol–water partition coefficient (Wildman–Crippen LogP) is 1.27. The number of nitrogens with one attached hydrogen (secondary N) is 1. The first-order valence-corrected chi connectivity index (χ1v) is 4.48. The molecule has 0 aromatic carbocycles. The fourth-order valence-electron chi connectivity index (χ4n) is 1.33. The van der Waals surface area contributed by atoms with E-state index in [4.69, 9.17) is 0 Å². The highest BCUT2D eigenvalue weighted by Crippen LogP contribution is 2.12. The van der Waals surface area contributed by atoms with Crippen LogP contribution in [0.4, 0.5) is 0 Å². The summed E-state index contributed by atoms with van der Waals surface area (Å²) in [7, 11) is 3.91. The molecule has 13 heavy (non-hydrogen) atoms. The van der Waals surface area contributed by atoms with Gasteiger partial charge in [0.1, 0.15) is 0 Å². The standard InChI is InChI=1S/C10H17N3/c1-8-10(6-5-7-11-3)9(2)13(4)12-8/h5-6,11H,7H2,1-4H3/b6-5+. The molecule has 1 N–H and O–H groups in total. The molecule has 1 aromatic heterocycles. The van der Waals surface area contributed by atoms with Crippen LogP contribution in [0.15, 0.2) is 6.08 Å². The van der Waals surface area contributed by atoms with Gasteiger partial charge in [-0.05, 0) is 20.9 Å². The van der Waals surface area contributed by atoms with E-state index in [0.29, 0.717) is 0 Å². The number of hydrogen-bond acceptors (Lipinski definition) is 2. The van der Waals surface area contributed by atoms with Crippen LogP contribution in [-0.2, 0) is 7.05 Å². The molecule has 0 saturated heterocycles. The fourth-order valence-corrected chi connectivity index (χ4v) is 1.33. The Balaban J connectivity index is 2.87. The van der Waals surface area contributed by atoms with Crippen LogP contribution in [0, 0.1) is 13.8 Å². The highest BCUT2D eigenvalue weighted by molar-refractivity contribution is 5.54. The molecule has 0 fully saturated rings. The third kappa shape index (κ3) is 2.18. The Kier molecular flexibility index (Phi) is 3.25. The topological polar surface area (TPSA) is 29.9 Å². The molecular formula is C10H17N3. The smallest absolute Gasteiger partial charge is 0.0668 e. The maximum atomic E-state index is 4.33. The molecule has 0 atom stereocenters. The van der Waals surface area contributed by atoms with E-state index in [9.17, 15) is 0 Å². The van der Waals surface area contributed by atoms with Crippen LogP contribution in [0.3, 0.4) is 0 Å². The SMILES string of the molecule is CNC/C=C/c1c(C)nn(C)c1C. The van der Waals surface area contributed by atoms with Crippen molar-refractivity contribution in [3.8, 4) is 0 Å². The van der Waals surface area contributed by atoms with Crippen molar-refractivity contribution < 1.29 is 0 Å². The molecule has 1 heterocycles. The molecule has 0 unspecified atom stereocenters. The first-order valence-electron chi connectivity index (χ1n) is 4.48. The third-order valence-electron chi connectivity index (χ3n) is 2.17. The molecule has 0 spiro atoms. The fraction of sp³-hybridized carbons (Fsp3) is 0.500. The van der Waals surface area contributed by atoms with Crippen LogP contribution in [0.1, 0.15) is 17.0 Å². The molecule has 0 bridgehead atoms. The first kappa shape index (κ1) is 9.99. The van der Waals surface area contributed by atoms with E-state index in [1.54, 1.807) is 0 Å². The maximum Gasteiger partial charge on any atom is 0.0668 e.